The van der Waals surface area contributed by atoms with Gasteiger partial charge in [0, 0.05) is 19.1 Å². The van der Waals surface area contributed by atoms with Crippen molar-refractivity contribution in [2.24, 2.45) is 0 Å². The molecule has 21 heavy (non-hydrogen) atoms. The number of anilines is 1. The number of carboxylic acids is 1. The summed E-state index contributed by atoms with van der Waals surface area (Å²) in [6, 6.07) is 5.80. The van der Waals surface area contributed by atoms with Crippen LogP contribution in [0.4, 0.5) is 5.69 Å². The molecule has 1 aromatic rings. The van der Waals surface area contributed by atoms with Gasteiger partial charge in [-0.1, -0.05) is 24.1 Å². The van der Waals surface area contributed by atoms with Gasteiger partial charge >= 0.3 is 5.97 Å². The molecule has 0 aliphatic carbocycles. The first-order valence-electron chi connectivity index (χ1n) is 7.59. The van der Waals surface area contributed by atoms with Crippen molar-refractivity contribution in [3.05, 3.63) is 28.8 Å². The lowest BCUT2D eigenvalue weighted by atomic mass is 10.0. The molecule has 0 amide bonds. The first-order chi connectivity index (χ1) is 10.1. The number of likely N-dealkylation sites (tertiary alicyclic amines) is 1. The van der Waals surface area contributed by atoms with Gasteiger partial charge in [0.2, 0.25) is 0 Å². The molecule has 1 aliphatic rings. The van der Waals surface area contributed by atoms with Crippen LogP contribution in [-0.4, -0.2) is 41.7 Å². The number of nitrogens with zero attached hydrogens (tertiary/aromatic N) is 1. The summed E-state index contributed by atoms with van der Waals surface area (Å²) in [5, 5.41) is 12.7. The molecule has 1 heterocycles. The van der Waals surface area contributed by atoms with Crippen molar-refractivity contribution in [3.63, 3.8) is 0 Å². The molecule has 0 bridgehead atoms. The van der Waals surface area contributed by atoms with E-state index in [1.54, 1.807) is 18.2 Å². The van der Waals surface area contributed by atoms with Gasteiger partial charge in [-0.25, -0.2) is 4.79 Å². The molecular weight excluding hydrogens is 288 g/mol. The molecule has 0 saturated carbocycles. The molecule has 1 aromatic carbocycles. The highest BCUT2D eigenvalue weighted by Gasteiger charge is 2.17. The van der Waals surface area contributed by atoms with Crippen LogP contribution in [-0.2, 0) is 0 Å². The topological polar surface area (TPSA) is 52.6 Å². The monoisotopic (exact) mass is 310 g/mol. The van der Waals surface area contributed by atoms with E-state index in [9.17, 15) is 9.90 Å². The smallest absolute Gasteiger partial charge is 0.339 e. The Morgan fingerprint density at radius 2 is 2.29 bits per heavy atom. The second-order valence-corrected chi connectivity index (χ2v) is 6.04. The highest BCUT2D eigenvalue weighted by Crippen LogP contribution is 2.24. The van der Waals surface area contributed by atoms with Gasteiger partial charge in [0.25, 0.3) is 0 Å². The maximum absolute atomic E-state index is 11.2. The van der Waals surface area contributed by atoms with Crippen LogP contribution >= 0.6 is 11.6 Å². The highest BCUT2D eigenvalue weighted by molar-refractivity contribution is 6.34. The molecule has 1 unspecified atom stereocenters. The van der Waals surface area contributed by atoms with Crippen LogP contribution in [0, 0.1) is 0 Å². The molecule has 2 rings (SSSR count). The summed E-state index contributed by atoms with van der Waals surface area (Å²) < 4.78 is 0. The van der Waals surface area contributed by atoms with E-state index in [1.807, 2.05) is 0 Å². The normalized spacial score (nSPS) is 19.4. The third-order valence-corrected chi connectivity index (χ3v) is 4.42. The Kier molecular flexibility index (Phi) is 5.88. The fourth-order valence-corrected chi connectivity index (χ4v) is 3.14. The minimum atomic E-state index is -0.993. The molecule has 0 spiro atoms. The minimum Gasteiger partial charge on any atom is -0.478 e. The Bertz CT molecular complexity index is 493. The van der Waals surface area contributed by atoms with Crippen LogP contribution in [0.1, 0.15) is 43.0 Å². The van der Waals surface area contributed by atoms with Crippen molar-refractivity contribution >= 4 is 23.3 Å². The quantitative estimate of drug-likeness (QED) is 0.786. The van der Waals surface area contributed by atoms with Crippen molar-refractivity contribution in [1.82, 2.24) is 4.90 Å². The van der Waals surface area contributed by atoms with Gasteiger partial charge in [0.1, 0.15) is 5.56 Å². The van der Waals surface area contributed by atoms with E-state index in [0.29, 0.717) is 11.7 Å². The third kappa shape index (κ3) is 4.35. The predicted molar refractivity (Wildman–Crippen MR) is 86.4 cm³/mol. The molecule has 1 aliphatic heterocycles. The maximum atomic E-state index is 11.2. The summed E-state index contributed by atoms with van der Waals surface area (Å²) in [4.78, 5) is 13.7. The summed E-state index contributed by atoms with van der Waals surface area (Å²) >= 11 is 5.95. The summed E-state index contributed by atoms with van der Waals surface area (Å²) in [7, 11) is 0. The average Bonchev–Trinajstić information content (AvgIpc) is 2.45. The second-order valence-electron chi connectivity index (χ2n) is 5.63. The van der Waals surface area contributed by atoms with Crippen molar-refractivity contribution < 1.29 is 9.90 Å². The van der Waals surface area contributed by atoms with Crippen molar-refractivity contribution in [1.29, 1.82) is 0 Å². The van der Waals surface area contributed by atoms with Crippen LogP contribution in [0.15, 0.2) is 18.2 Å². The van der Waals surface area contributed by atoms with Gasteiger partial charge in [-0.2, -0.15) is 0 Å². The lowest BCUT2D eigenvalue weighted by molar-refractivity contribution is 0.0698. The van der Waals surface area contributed by atoms with E-state index < -0.39 is 5.97 Å². The Labute approximate surface area is 131 Å². The van der Waals surface area contributed by atoms with Crippen LogP contribution in [0.3, 0.4) is 0 Å². The summed E-state index contributed by atoms with van der Waals surface area (Å²) in [6.45, 7) is 5.27. The number of aromatic carboxylic acids is 1. The van der Waals surface area contributed by atoms with E-state index in [2.05, 4.69) is 17.1 Å². The number of nitrogens with one attached hydrogen (secondary N) is 1. The van der Waals surface area contributed by atoms with Gasteiger partial charge in [-0.3, -0.25) is 0 Å². The zero-order valence-electron chi connectivity index (χ0n) is 12.4. The Morgan fingerprint density at radius 3 is 3.00 bits per heavy atom. The molecule has 1 saturated heterocycles. The molecular formula is C16H23ClN2O2. The highest BCUT2D eigenvalue weighted by atomic mass is 35.5. The van der Waals surface area contributed by atoms with Crippen molar-refractivity contribution in [2.75, 3.05) is 25.0 Å². The number of hydrogen-bond acceptors (Lipinski definition) is 3. The fraction of sp³-hybridized carbons (Fsp3) is 0.562. The summed E-state index contributed by atoms with van der Waals surface area (Å²) in [6.07, 6.45) is 4.90. The SMILES string of the molecule is CC1CCCCN1CCCNc1cccc(Cl)c1C(=O)O. The Hall–Kier alpha value is -1.26. The molecule has 4 nitrogen and oxygen atoms in total. The molecule has 5 heteroatoms. The van der Waals surface area contributed by atoms with Gasteiger partial charge < -0.3 is 15.3 Å². The second kappa shape index (κ2) is 7.66. The van der Waals surface area contributed by atoms with Crippen LogP contribution < -0.4 is 5.32 Å². The van der Waals surface area contributed by atoms with Gasteiger partial charge in [-0.05, 0) is 44.9 Å². The first kappa shape index (κ1) is 16.1. The van der Waals surface area contributed by atoms with E-state index >= 15 is 0 Å². The number of rotatable bonds is 6. The van der Waals surface area contributed by atoms with E-state index in [0.717, 1.165) is 19.5 Å². The zero-order chi connectivity index (χ0) is 15.2. The van der Waals surface area contributed by atoms with Crippen LogP contribution in [0.25, 0.3) is 0 Å². The molecule has 1 atom stereocenters. The number of hydrogen-bond donors (Lipinski definition) is 2. The van der Waals surface area contributed by atoms with Gasteiger partial charge in [0.15, 0.2) is 0 Å². The summed E-state index contributed by atoms with van der Waals surface area (Å²) in [5.74, 6) is -0.993. The minimum absolute atomic E-state index is 0.158. The maximum Gasteiger partial charge on any atom is 0.339 e. The van der Waals surface area contributed by atoms with E-state index in [1.165, 1.54) is 25.8 Å². The number of carbonyl (C=O) groups is 1. The summed E-state index contributed by atoms with van der Waals surface area (Å²) in [5.41, 5.74) is 0.757. The number of halogens is 1. The zero-order valence-corrected chi connectivity index (χ0v) is 13.2. The largest absolute Gasteiger partial charge is 0.478 e. The van der Waals surface area contributed by atoms with Crippen molar-refractivity contribution in [3.8, 4) is 0 Å². The number of benzene rings is 1. The lowest BCUT2D eigenvalue weighted by Gasteiger charge is -2.33. The molecule has 116 valence electrons. The third-order valence-electron chi connectivity index (χ3n) is 4.11. The van der Waals surface area contributed by atoms with Crippen molar-refractivity contribution in [2.45, 2.75) is 38.6 Å². The van der Waals surface area contributed by atoms with Gasteiger partial charge in [-0.15, -0.1) is 0 Å². The number of piperidine rings is 1. The fourth-order valence-electron chi connectivity index (χ4n) is 2.88. The van der Waals surface area contributed by atoms with E-state index in [4.69, 9.17) is 11.6 Å². The first-order valence-corrected chi connectivity index (χ1v) is 7.97. The van der Waals surface area contributed by atoms with Crippen LogP contribution in [0.2, 0.25) is 5.02 Å². The standard InChI is InChI=1S/C16H23ClN2O2/c1-12-6-2-3-10-19(12)11-5-9-18-14-8-4-7-13(17)15(14)16(20)21/h4,7-8,12,18H,2-3,5-6,9-11H2,1H3,(H,20,21). The Morgan fingerprint density at radius 1 is 1.48 bits per heavy atom. The lowest BCUT2D eigenvalue weighted by Crippen LogP contribution is -2.38. The average molecular weight is 311 g/mol. The molecule has 0 radical (unpaired) electrons. The predicted octanol–water partition coefficient (Wildman–Crippen LogP) is 3.71. The van der Waals surface area contributed by atoms with E-state index in [-0.39, 0.29) is 10.6 Å². The molecule has 1 fully saturated rings. The van der Waals surface area contributed by atoms with Crippen LogP contribution in [0.5, 0.6) is 0 Å². The molecule has 0 aromatic heterocycles. The molecule has 2 N–H and O–H groups in total. The van der Waals surface area contributed by atoms with Gasteiger partial charge in [0.05, 0.1) is 10.7 Å². The number of carboxylic acid groups (broad SMARTS) is 1. The Balaban J connectivity index is 1.84.